The first-order valence-corrected chi connectivity index (χ1v) is 8.82. The second-order valence-corrected chi connectivity index (χ2v) is 6.73. The van der Waals surface area contributed by atoms with Crippen LogP contribution in [0.5, 0.6) is 0 Å². The maximum Gasteiger partial charge on any atom is 0.220 e. The molecule has 0 atom stereocenters. The molecule has 2 fully saturated rings. The lowest BCUT2D eigenvalue weighted by molar-refractivity contribution is -0.121. The Morgan fingerprint density at radius 2 is 1.62 bits per heavy atom. The minimum Gasteiger partial charge on any atom is -0.356 e. The van der Waals surface area contributed by atoms with Crippen LogP contribution in [0.1, 0.15) is 70.6 Å². The molecule has 2 rings (SSSR count). The fraction of sp³-hybridized carbons (Fsp3) is 0.941. The first-order valence-electron chi connectivity index (χ1n) is 8.82. The largest absolute Gasteiger partial charge is 0.356 e. The average molecular weight is 317 g/mol. The first-order chi connectivity index (χ1) is 9.84. The molecule has 1 aliphatic heterocycles. The van der Waals surface area contributed by atoms with E-state index in [1.807, 2.05) is 0 Å². The van der Waals surface area contributed by atoms with Gasteiger partial charge in [0.15, 0.2) is 0 Å². The van der Waals surface area contributed by atoms with Gasteiger partial charge in [0.1, 0.15) is 0 Å². The number of hydrogen-bond acceptors (Lipinski definition) is 2. The monoisotopic (exact) mass is 316 g/mol. The normalized spacial score (nSPS) is 20.2. The maximum absolute atomic E-state index is 11.8. The van der Waals surface area contributed by atoms with E-state index >= 15 is 0 Å². The van der Waals surface area contributed by atoms with E-state index in [-0.39, 0.29) is 18.3 Å². The number of carbonyl (C=O) groups excluding carboxylic acids is 1. The van der Waals surface area contributed by atoms with E-state index in [0.29, 0.717) is 0 Å². The summed E-state index contributed by atoms with van der Waals surface area (Å²) in [5.41, 5.74) is 0. The number of halogens is 1. The molecule has 0 spiro atoms. The quantitative estimate of drug-likeness (QED) is 0.671. The molecular formula is C17H33ClN2O. The maximum atomic E-state index is 11.8. The number of amides is 1. The average Bonchev–Trinajstić information content (AvgIpc) is 2.99. The van der Waals surface area contributed by atoms with Gasteiger partial charge in [0.25, 0.3) is 0 Å². The van der Waals surface area contributed by atoms with Crippen molar-refractivity contribution in [2.75, 3.05) is 19.6 Å². The summed E-state index contributed by atoms with van der Waals surface area (Å²) < 4.78 is 0. The zero-order valence-electron chi connectivity index (χ0n) is 13.4. The van der Waals surface area contributed by atoms with Crippen molar-refractivity contribution in [3.05, 3.63) is 0 Å². The van der Waals surface area contributed by atoms with E-state index in [9.17, 15) is 4.79 Å². The van der Waals surface area contributed by atoms with Gasteiger partial charge in [0, 0.05) is 13.0 Å². The highest BCUT2D eigenvalue weighted by Crippen LogP contribution is 2.28. The molecule has 0 aromatic heterocycles. The molecule has 21 heavy (non-hydrogen) atoms. The smallest absolute Gasteiger partial charge is 0.220 e. The van der Waals surface area contributed by atoms with Crippen LogP contribution in [0.2, 0.25) is 0 Å². The summed E-state index contributed by atoms with van der Waals surface area (Å²) in [6, 6.07) is 0. The molecule has 3 nitrogen and oxygen atoms in total. The van der Waals surface area contributed by atoms with E-state index < -0.39 is 0 Å². The van der Waals surface area contributed by atoms with Crippen molar-refractivity contribution in [2.45, 2.75) is 70.6 Å². The van der Waals surface area contributed by atoms with Crippen molar-refractivity contribution in [3.63, 3.8) is 0 Å². The van der Waals surface area contributed by atoms with Crippen molar-refractivity contribution >= 4 is 18.3 Å². The third-order valence-corrected chi connectivity index (χ3v) is 5.07. The van der Waals surface area contributed by atoms with Gasteiger partial charge in [-0.1, -0.05) is 38.5 Å². The fourth-order valence-electron chi connectivity index (χ4n) is 3.68. The van der Waals surface area contributed by atoms with Crippen molar-refractivity contribution < 1.29 is 4.79 Å². The van der Waals surface area contributed by atoms with Crippen LogP contribution in [0.25, 0.3) is 0 Å². The number of piperidine rings is 1. The third kappa shape index (κ3) is 8.06. The van der Waals surface area contributed by atoms with Gasteiger partial charge < -0.3 is 10.6 Å². The van der Waals surface area contributed by atoms with E-state index in [1.165, 1.54) is 51.4 Å². The van der Waals surface area contributed by atoms with Gasteiger partial charge in [-0.2, -0.15) is 0 Å². The molecule has 0 bridgehead atoms. The summed E-state index contributed by atoms with van der Waals surface area (Å²) in [5, 5.41) is 6.47. The summed E-state index contributed by atoms with van der Waals surface area (Å²) in [6.45, 7) is 3.15. The topological polar surface area (TPSA) is 41.1 Å². The third-order valence-electron chi connectivity index (χ3n) is 5.07. The number of hydrogen-bond donors (Lipinski definition) is 2. The van der Waals surface area contributed by atoms with Crippen molar-refractivity contribution in [1.82, 2.24) is 10.6 Å². The summed E-state index contributed by atoms with van der Waals surface area (Å²) in [6.07, 6.45) is 13.9. The molecule has 1 saturated carbocycles. The molecule has 1 aliphatic carbocycles. The Morgan fingerprint density at radius 3 is 2.33 bits per heavy atom. The Bertz CT molecular complexity index is 274. The molecule has 0 aromatic carbocycles. The molecule has 1 saturated heterocycles. The van der Waals surface area contributed by atoms with Gasteiger partial charge in [0.2, 0.25) is 5.91 Å². The number of unbranched alkanes of at least 4 members (excludes halogenated alkanes) is 1. The van der Waals surface area contributed by atoms with E-state index in [2.05, 4.69) is 10.6 Å². The van der Waals surface area contributed by atoms with Gasteiger partial charge in [-0.05, 0) is 50.6 Å². The molecular weight excluding hydrogens is 284 g/mol. The lowest BCUT2D eigenvalue weighted by atomic mass is 9.93. The van der Waals surface area contributed by atoms with Crippen LogP contribution in [0, 0.1) is 11.8 Å². The fourth-order valence-corrected chi connectivity index (χ4v) is 3.68. The molecule has 2 N–H and O–H groups in total. The highest BCUT2D eigenvalue weighted by Gasteiger charge is 2.15. The van der Waals surface area contributed by atoms with Gasteiger partial charge in [-0.25, -0.2) is 0 Å². The zero-order valence-corrected chi connectivity index (χ0v) is 14.2. The van der Waals surface area contributed by atoms with Crippen molar-refractivity contribution in [2.24, 2.45) is 11.8 Å². The molecule has 4 heteroatoms. The number of rotatable bonds is 8. The van der Waals surface area contributed by atoms with Gasteiger partial charge in [-0.3, -0.25) is 4.79 Å². The van der Waals surface area contributed by atoms with Crippen LogP contribution >= 0.6 is 12.4 Å². The summed E-state index contributed by atoms with van der Waals surface area (Å²) >= 11 is 0. The van der Waals surface area contributed by atoms with Crippen molar-refractivity contribution in [1.29, 1.82) is 0 Å². The van der Waals surface area contributed by atoms with E-state index in [0.717, 1.165) is 50.7 Å². The van der Waals surface area contributed by atoms with Crippen LogP contribution < -0.4 is 10.6 Å². The Balaban J connectivity index is 0.00000220. The lowest BCUT2D eigenvalue weighted by Crippen LogP contribution is -2.29. The molecule has 1 amide bonds. The lowest BCUT2D eigenvalue weighted by Gasteiger charge is -2.22. The predicted molar refractivity (Wildman–Crippen MR) is 90.9 cm³/mol. The Hall–Kier alpha value is -0.280. The summed E-state index contributed by atoms with van der Waals surface area (Å²) in [5.74, 6) is 2.03. The molecule has 1 heterocycles. The van der Waals surface area contributed by atoms with Gasteiger partial charge >= 0.3 is 0 Å². The van der Waals surface area contributed by atoms with Crippen LogP contribution in [0.15, 0.2) is 0 Å². The molecule has 2 aliphatic rings. The van der Waals surface area contributed by atoms with E-state index in [4.69, 9.17) is 0 Å². The Labute approximate surface area is 136 Å². The standard InChI is InChI=1S/C17H32N2O.ClH/c20-17(9-8-16-10-13-18-14-11-16)19-12-4-3-7-15-5-1-2-6-15;/h15-16,18H,1-14H2,(H,19,20);1H. The van der Waals surface area contributed by atoms with Crippen LogP contribution in [-0.4, -0.2) is 25.5 Å². The van der Waals surface area contributed by atoms with Gasteiger partial charge in [-0.15, -0.1) is 12.4 Å². The minimum absolute atomic E-state index is 0. The highest BCUT2D eigenvalue weighted by atomic mass is 35.5. The minimum atomic E-state index is 0. The summed E-state index contributed by atoms with van der Waals surface area (Å²) in [4.78, 5) is 11.8. The molecule has 0 aromatic rings. The van der Waals surface area contributed by atoms with Crippen molar-refractivity contribution in [3.8, 4) is 0 Å². The zero-order chi connectivity index (χ0) is 14.0. The number of nitrogens with one attached hydrogen (secondary N) is 2. The molecule has 124 valence electrons. The summed E-state index contributed by atoms with van der Waals surface area (Å²) in [7, 11) is 0. The van der Waals surface area contributed by atoms with Gasteiger partial charge in [0.05, 0.1) is 0 Å². The highest BCUT2D eigenvalue weighted by molar-refractivity contribution is 5.85. The van der Waals surface area contributed by atoms with Crippen LogP contribution in [-0.2, 0) is 4.79 Å². The predicted octanol–water partition coefficient (Wildman–Crippen LogP) is 3.66. The Kier molecular flexibility index (Phi) is 10.1. The Morgan fingerprint density at radius 1 is 0.952 bits per heavy atom. The molecule has 0 radical (unpaired) electrons. The SMILES string of the molecule is Cl.O=C(CCC1CCNCC1)NCCCCC1CCCC1. The first kappa shape index (κ1) is 18.8. The van der Waals surface area contributed by atoms with Crippen LogP contribution in [0.4, 0.5) is 0 Å². The number of carbonyl (C=O) groups is 1. The molecule has 0 unspecified atom stereocenters. The second kappa shape index (κ2) is 11.3. The van der Waals surface area contributed by atoms with Crippen LogP contribution in [0.3, 0.4) is 0 Å². The second-order valence-electron chi connectivity index (χ2n) is 6.73. The van der Waals surface area contributed by atoms with E-state index in [1.54, 1.807) is 0 Å².